The molecule has 1 aliphatic carbocycles. The molecule has 0 radical (unpaired) electrons. The second kappa shape index (κ2) is 12.2. The largest absolute Gasteiger partial charge is 0.497 e. The predicted molar refractivity (Wildman–Crippen MR) is 167 cm³/mol. The zero-order valence-electron chi connectivity index (χ0n) is 23.4. The number of ether oxygens (including phenoxy) is 1. The summed E-state index contributed by atoms with van der Waals surface area (Å²) in [7, 11) is -2.62. The van der Waals surface area contributed by atoms with Crippen molar-refractivity contribution in [2.45, 2.75) is 43.0 Å². The summed E-state index contributed by atoms with van der Waals surface area (Å²) in [4.78, 5) is 15.8. The van der Waals surface area contributed by atoms with E-state index in [9.17, 15) is 18.3 Å². The molecular formula is C31H32ClN3O5S2. The number of anilines is 1. The highest BCUT2D eigenvalue weighted by atomic mass is 35.5. The summed E-state index contributed by atoms with van der Waals surface area (Å²) in [5, 5.41) is 15.9. The molecule has 220 valence electrons. The number of nitrogens with one attached hydrogen (secondary N) is 2. The number of methoxy groups -OCH3 is 1. The number of aliphatic hydroxyl groups excluding tert-OH is 1. The van der Waals surface area contributed by atoms with Gasteiger partial charge in [0.25, 0.3) is 0 Å². The van der Waals surface area contributed by atoms with Crippen molar-refractivity contribution in [1.29, 1.82) is 0 Å². The lowest BCUT2D eigenvalue weighted by Crippen LogP contribution is -2.57. The van der Waals surface area contributed by atoms with E-state index in [-0.39, 0.29) is 16.7 Å². The third-order valence-corrected chi connectivity index (χ3v) is 10.4. The van der Waals surface area contributed by atoms with Crippen LogP contribution in [0.5, 0.6) is 5.75 Å². The number of rotatable bonds is 11. The molecule has 1 fully saturated rings. The summed E-state index contributed by atoms with van der Waals surface area (Å²) >= 11 is 7.69. The topological polar surface area (TPSA) is 108 Å². The van der Waals surface area contributed by atoms with Gasteiger partial charge in [-0.25, -0.2) is 8.42 Å². The van der Waals surface area contributed by atoms with Crippen LogP contribution < -0.4 is 19.7 Å². The molecule has 1 aliphatic rings. The van der Waals surface area contributed by atoms with Gasteiger partial charge >= 0.3 is 0 Å². The Morgan fingerprint density at radius 1 is 1.10 bits per heavy atom. The molecule has 0 spiro atoms. The van der Waals surface area contributed by atoms with Crippen LogP contribution in [-0.4, -0.2) is 45.0 Å². The number of nitrogens with zero attached hydrogens (tertiary/aromatic N) is 1. The number of benzene rings is 3. The van der Waals surface area contributed by atoms with Crippen molar-refractivity contribution in [3.8, 4) is 16.9 Å². The smallest absolute Gasteiger partial charge is 0.248 e. The van der Waals surface area contributed by atoms with Gasteiger partial charge in [-0.05, 0) is 78.7 Å². The molecule has 0 saturated heterocycles. The zero-order valence-corrected chi connectivity index (χ0v) is 25.8. The van der Waals surface area contributed by atoms with E-state index >= 15 is 0 Å². The van der Waals surface area contributed by atoms with Crippen molar-refractivity contribution in [2.75, 3.05) is 18.6 Å². The van der Waals surface area contributed by atoms with Crippen LogP contribution in [-0.2, 0) is 14.8 Å². The second-order valence-electron chi connectivity index (χ2n) is 10.1. The molecule has 3 N–H and O–H groups in total. The van der Waals surface area contributed by atoms with Gasteiger partial charge in [-0.1, -0.05) is 54.1 Å². The molecule has 0 aliphatic heterocycles. The second-order valence-corrected chi connectivity index (χ2v) is 13.3. The van der Waals surface area contributed by atoms with E-state index in [1.807, 2.05) is 48.7 Å². The van der Waals surface area contributed by atoms with Gasteiger partial charge in [-0.2, -0.15) is 4.72 Å². The summed E-state index contributed by atoms with van der Waals surface area (Å²) in [6, 6.07) is 23.4. The highest BCUT2D eigenvalue weighted by Gasteiger charge is 2.62. The van der Waals surface area contributed by atoms with E-state index in [1.54, 1.807) is 55.3 Å². The summed E-state index contributed by atoms with van der Waals surface area (Å²) in [6.45, 7) is 3.93. The highest BCUT2D eigenvalue weighted by molar-refractivity contribution is 7.89. The number of halogens is 1. The number of carbonyl (C=O) groups excluding carboxylic acids is 1. The maximum absolute atomic E-state index is 14.2. The van der Waals surface area contributed by atoms with Gasteiger partial charge in [-0.3, -0.25) is 10.1 Å². The minimum Gasteiger partial charge on any atom is -0.497 e. The van der Waals surface area contributed by atoms with Crippen molar-refractivity contribution >= 4 is 44.6 Å². The van der Waals surface area contributed by atoms with Gasteiger partial charge in [0.2, 0.25) is 15.9 Å². The van der Waals surface area contributed by atoms with Crippen molar-refractivity contribution in [3.05, 3.63) is 99.7 Å². The molecule has 0 bridgehead atoms. The summed E-state index contributed by atoms with van der Waals surface area (Å²) in [5.74, 6) is 0.116. The van der Waals surface area contributed by atoms with Crippen molar-refractivity contribution < 1.29 is 23.1 Å². The fraction of sp³-hybridized carbons (Fsp3) is 0.258. The molecule has 1 heterocycles. The Labute approximate surface area is 255 Å². The van der Waals surface area contributed by atoms with E-state index < -0.39 is 21.9 Å². The van der Waals surface area contributed by atoms with Crippen LogP contribution in [0.4, 0.5) is 5.69 Å². The Balaban J connectivity index is 1.43. The van der Waals surface area contributed by atoms with E-state index in [0.717, 1.165) is 11.1 Å². The average Bonchev–Trinajstić information content (AvgIpc) is 3.55. The van der Waals surface area contributed by atoms with Gasteiger partial charge < -0.3 is 14.7 Å². The zero-order chi connectivity index (χ0) is 30.1. The van der Waals surface area contributed by atoms with E-state index in [4.69, 9.17) is 16.3 Å². The molecule has 3 unspecified atom stereocenters. The molecule has 11 heteroatoms. The summed E-state index contributed by atoms with van der Waals surface area (Å²) in [5.41, 5.74) is 2.26. The Morgan fingerprint density at radius 2 is 1.81 bits per heavy atom. The molecule has 3 atom stereocenters. The molecule has 4 aromatic rings. The monoisotopic (exact) mass is 625 g/mol. The van der Waals surface area contributed by atoms with Crippen LogP contribution in [0.25, 0.3) is 11.1 Å². The molecular weight excluding hydrogens is 594 g/mol. The molecule has 5 rings (SSSR count). The molecule has 8 nitrogen and oxygen atoms in total. The lowest BCUT2D eigenvalue weighted by molar-refractivity contribution is -0.123. The lowest BCUT2D eigenvalue weighted by atomic mass is 10.0. The summed E-state index contributed by atoms with van der Waals surface area (Å²) in [6.07, 6.45) is -1.36. The predicted octanol–water partition coefficient (Wildman–Crippen LogP) is 5.51. The fourth-order valence-corrected chi connectivity index (χ4v) is 7.62. The number of thiophene rings is 1. The van der Waals surface area contributed by atoms with Crippen LogP contribution in [0.2, 0.25) is 4.34 Å². The minimum absolute atomic E-state index is 0.00678. The van der Waals surface area contributed by atoms with Gasteiger partial charge in [0.1, 0.15) is 15.6 Å². The van der Waals surface area contributed by atoms with Crippen molar-refractivity contribution in [1.82, 2.24) is 10.0 Å². The number of amides is 1. The van der Waals surface area contributed by atoms with E-state index in [2.05, 4.69) is 10.0 Å². The number of sulfonamides is 1. The molecule has 3 aromatic carbocycles. The van der Waals surface area contributed by atoms with Crippen LogP contribution in [0.3, 0.4) is 0 Å². The minimum atomic E-state index is -4.20. The SMILES string of the molecule is CCN(C(=O)C1(NC(O)NS(=O)(=O)c2cccc(-c3ccsc3Cl)c2C)CC1c1ccccc1)c1ccc(OC)cc1. The number of likely N-dealkylation sites (N-methyl/N-ethyl adjacent to an activating group) is 1. The van der Waals surface area contributed by atoms with Crippen molar-refractivity contribution in [2.24, 2.45) is 0 Å². The first-order valence-corrected chi connectivity index (χ1v) is 16.2. The van der Waals surface area contributed by atoms with Gasteiger partial charge in [0, 0.05) is 23.7 Å². The molecule has 1 amide bonds. The number of hydrogen-bond acceptors (Lipinski definition) is 7. The Hall–Kier alpha value is -3.25. The standard InChI is InChI=1S/C31H32ClN3O5S2/c1-4-35(22-13-15-23(40-3)16-14-22)29(36)31(19-26(31)21-9-6-5-7-10-21)33-30(37)34-42(38,39)27-12-8-11-24(20(27)2)25-17-18-41-28(25)32/h5-18,26,30,33-34,37H,4,19H2,1-3H3. The third kappa shape index (κ3) is 5.83. The Kier molecular flexibility index (Phi) is 8.75. The van der Waals surface area contributed by atoms with E-state index in [0.29, 0.717) is 39.9 Å². The number of carbonyl (C=O) groups is 1. The first-order valence-electron chi connectivity index (χ1n) is 13.4. The van der Waals surface area contributed by atoms with E-state index in [1.165, 1.54) is 17.4 Å². The van der Waals surface area contributed by atoms with Crippen LogP contribution in [0.1, 0.15) is 30.4 Å². The van der Waals surface area contributed by atoms with Crippen LogP contribution in [0, 0.1) is 6.92 Å². The number of aliphatic hydroxyl groups is 1. The van der Waals surface area contributed by atoms with Gasteiger partial charge in [0.15, 0.2) is 6.35 Å². The van der Waals surface area contributed by atoms with Crippen molar-refractivity contribution in [3.63, 3.8) is 0 Å². The van der Waals surface area contributed by atoms with Crippen LogP contribution in [0.15, 0.2) is 89.1 Å². The molecule has 42 heavy (non-hydrogen) atoms. The third-order valence-electron chi connectivity index (χ3n) is 7.63. The fourth-order valence-electron chi connectivity index (χ4n) is 5.42. The maximum Gasteiger partial charge on any atom is 0.248 e. The quantitative estimate of drug-likeness (QED) is 0.190. The number of hydrogen-bond donors (Lipinski definition) is 3. The molecule has 1 aromatic heterocycles. The maximum atomic E-state index is 14.2. The Morgan fingerprint density at radius 3 is 2.43 bits per heavy atom. The van der Waals surface area contributed by atoms with Gasteiger partial charge in [0.05, 0.1) is 12.0 Å². The van der Waals surface area contributed by atoms with Crippen LogP contribution >= 0.6 is 22.9 Å². The first-order chi connectivity index (χ1) is 20.1. The Bertz CT molecular complexity index is 1680. The normalized spacial score (nSPS) is 18.8. The highest BCUT2D eigenvalue weighted by Crippen LogP contribution is 2.53. The average molecular weight is 626 g/mol. The first kappa shape index (κ1) is 30.2. The summed E-state index contributed by atoms with van der Waals surface area (Å²) < 4.78 is 35.2. The van der Waals surface area contributed by atoms with Gasteiger partial charge in [-0.15, -0.1) is 11.3 Å². The lowest BCUT2D eigenvalue weighted by Gasteiger charge is -2.30. The molecule has 1 saturated carbocycles.